The Labute approximate surface area is 140 Å². The van der Waals surface area contributed by atoms with E-state index in [0.29, 0.717) is 32.4 Å². The van der Waals surface area contributed by atoms with Crippen molar-refractivity contribution in [1.82, 2.24) is 20.0 Å². The molecule has 1 N–H and O–H groups in total. The number of hydrogen-bond acceptors (Lipinski definition) is 3. The molecule has 1 saturated heterocycles. The minimum Gasteiger partial charge on any atom is -0.355 e. The van der Waals surface area contributed by atoms with Gasteiger partial charge in [-0.05, 0) is 45.2 Å². The molecule has 1 aromatic rings. The van der Waals surface area contributed by atoms with Crippen LogP contribution in [0.25, 0.3) is 0 Å². The second-order valence-corrected chi connectivity index (χ2v) is 6.50. The van der Waals surface area contributed by atoms with Crippen molar-refractivity contribution in [1.29, 1.82) is 0 Å². The van der Waals surface area contributed by atoms with Gasteiger partial charge in [0.05, 0.1) is 18.2 Å². The number of carbonyl (C=O) groups excluding carboxylic acids is 1. The van der Waals surface area contributed by atoms with Gasteiger partial charge in [-0.3, -0.25) is 14.4 Å². The number of hydrogen-bond donors (Lipinski definition) is 1. The molecule has 1 aliphatic rings. The summed E-state index contributed by atoms with van der Waals surface area (Å²) < 4.78 is 39.3. The molecular weight excluding hydrogens is 321 g/mol. The molecule has 1 atom stereocenters. The van der Waals surface area contributed by atoms with Crippen LogP contribution in [0.5, 0.6) is 0 Å². The van der Waals surface area contributed by atoms with Gasteiger partial charge < -0.3 is 5.32 Å². The van der Waals surface area contributed by atoms with Gasteiger partial charge in [0.1, 0.15) is 0 Å². The molecule has 0 unspecified atom stereocenters. The lowest BCUT2D eigenvalue weighted by Crippen LogP contribution is -2.46. The number of halogens is 3. The number of rotatable bonds is 5. The lowest BCUT2D eigenvalue weighted by Gasteiger charge is -2.32. The smallest absolute Gasteiger partial charge is 0.355 e. The van der Waals surface area contributed by atoms with E-state index in [1.54, 1.807) is 0 Å². The number of likely N-dealkylation sites (tertiary alicyclic amines) is 1. The largest absolute Gasteiger partial charge is 0.401 e. The zero-order chi connectivity index (χ0) is 17.9. The molecule has 0 bridgehead atoms. The van der Waals surface area contributed by atoms with E-state index < -0.39 is 12.7 Å². The molecular formula is C16H25F3N4O. The van der Waals surface area contributed by atoms with Crippen LogP contribution in [0, 0.1) is 19.8 Å². The van der Waals surface area contributed by atoms with Crippen molar-refractivity contribution < 1.29 is 18.0 Å². The first-order valence-corrected chi connectivity index (χ1v) is 8.23. The molecule has 1 aliphatic heterocycles. The topological polar surface area (TPSA) is 50.2 Å². The van der Waals surface area contributed by atoms with Gasteiger partial charge in [0.25, 0.3) is 0 Å². The standard InChI is InChI=1S/C16H25F3N4O/c1-11-14(12(2)22(3)21-11)6-7-20-15(24)13-5-4-8-23(9-13)10-16(17,18)19/h13H,4-10H2,1-3H3,(H,20,24)/t13-/m0/s1. The van der Waals surface area contributed by atoms with E-state index in [9.17, 15) is 18.0 Å². The Morgan fingerprint density at radius 3 is 2.67 bits per heavy atom. The Morgan fingerprint density at radius 2 is 2.08 bits per heavy atom. The van der Waals surface area contributed by atoms with Crippen molar-refractivity contribution in [2.45, 2.75) is 39.3 Å². The zero-order valence-electron chi connectivity index (χ0n) is 14.4. The number of aromatic nitrogens is 2. The van der Waals surface area contributed by atoms with Crippen LogP contribution in [0.1, 0.15) is 29.8 Å². The predicted octanol–water partition coefficient (Wildman–Crippen LogP) is 1.97. The van der Waals surface area contributed by atoms with E-state index in [1.165, 1.54) is 4.90 Å². The monoisotopic (exact) mass is 346 g/mol. The third-order valence-electron chi connectivity index (χ3n) is 4.61. The van der Waals surface area contributed by atoms with Crippen LogP contribution in [-0.4, -0.2) is 52.9 Å². The van der Waals surface area contributed by atoms with Crippen molar-refractivity contribution >= 4 is 5.91 Å². The molecule has 8 heteroatoms. The van der Waals surface area contributed by atoms with Gasteiger partial charge in [0.2, 0.25) is 5.91 Å². The molecule has 0 aliphatic carbocycles. The van der Waals surface area contributed by atoms with Gasteiger partial charge in [0.15, 0.2) is 0 Å². The maximum atomic E-state index is 12.5. The highest BCUT2D eigenvalue weighted by atomic mass is 19.4. The van der Waals surface area contributed by atoms with Crippen LogP contribution in [0.4, 0.5) is 13.2 Å². The van der Waals surface area contributed by atoms with Gasteiger partial charge in [-0.25, -0.2) is 0 Å². The summed E-state index contributed by atoms with van der Waals surface area (Å²) in [5.41, 5.74) is 3.12. The van der Waals surface area contributed by atoms with Crippen molar-refractivity contribution in [2.75, 3.05) is 26.2 Å². The number of nitrogens with zero attached hydrogens (tertiary/aromatic N) is 3. The van der Waals surface area contributed by atoms with Crippen molar-refractivity contribution in [3.05, 3.63) is 17.0 Å². The molecule has 0 saturated carbocycles. The number of carbonyl (C=O) groups is 1. The van der Waals surface area contributed by atoms with Crippen LogP contribution in [-0.2, 0) is 18.3 Å². The fourth-order valence-electron chi connectivity index (χ4n) is 3.30. The molecule has 136 valence electrons. The molecule has 24 heavy (non-hydrogen) atoms. The van der Waals surface area contributed by atoms with Gasteiger partial charge in [0, 0.05) is 25.8 Å². The fraction of sp³-hybridized carbons (Fsp3) is 0.750. The van der Waals surface area contributed by atoms with E-state index in [4.69, 9.17) is 0 Å². The van der Waals surface area contributed by atoms with E-state index >= 15 is 0 Å². The molecule has 2 heterocycles. The number of nitrogens with one attached hydrogen (secondary N) is 1. The van der Waals surface area contributed by atoms with E-state index in [-0.39, 0.29) is 18.4 Å². The summed E-state index contributed by atoms with van der Waals surface area (Å²) in [4.78, 5) is 13.6. The van der Waals surface area contributed by atoms with Crippen LogP contribution in [0.15, 0.2) is 0 Å². The fourth-order valence-corrected chi connectivity index (χ4v) is 3.30. The first-order valence-electron chi connectivity index (χ1n) is 8.23. The lowest BCUT2D eigenvalue weighted by molar-refractivity contribution is -0.152. The van der Waals surface area contributed by atoms with Crippen molar-refractivity contribution in [3.63, 3.8) is 0 Å². The average molecular weight is 346 g/mol. The highest BCUT2D eigenvalue weighted by Gasteiger charge is 2.34. The van der Waals surface area contributed by atoms with Crippen molar-refractivity contribution in [2.24, 2.45) is 13.0 Å². The third kappa shape index (κ3) is 4.96. The predicted molar refractivity (Wildman–Crippen MR) is 84.6 cm³/mol. The lowest BCUT2D eigenvalue weighted by atomic mass is 9.97. The number of aryl methyl sites for hydroxylation is 2. The molecule has 5 nitrogen and oxygen atoms in total. The molecule has 0 spiro atoms. The highest BCUT2D eigenvalue weighted by molar-refractivity contribution is 5.79. The van der Waals surface area contributed by atoms with Crippen LogP contribution >= 0.6 is 0 Å². The minimum atomic E-state index is -4.21. The Kier molecular flexibility index (Phi) is 5.90. The summed E-state index contributed by atoms with van der Waals surface area (Å²) in [6.07, 6.45) is -2.27. The number of amides is 1. The molecule has 2 rings (SSSR count). The summed E-state index contributed by atoms with van der Waals surface area (Å²) in [6, 6.07) is 0. The minimum absolute atomic E-state index is 0.152. The van der Waals surface area contributed by atoms with Gasteiger partial charge in [-0.1, -0.05) is 0 Å². The van der Waals surface area contributed by atoms with Crippen LogP contribution < -0.4 is 5.32 Å². The van der Waals surface area contributed by atoms with Gasteiger partial charge in [-0.15, -0.1) is 0 Å². The first-order chi connectivity index (χ1) is 11.2. The number of alkyl halides is 3. The molecule has 0 aromatic carbocycles. The van der Waals surface area contributed by atoms with Crippen LogP contribution in [0.3, 0.4) is 0 Å². The Morgan fingerprint density at radius 1 is 1.38 bits per heavy atom. The zero-order valence-corrected chi connectivity index (χ0v) is 14.4. The van der Waals surface area contributed by atoms with E-state index in [2.05, 4.69) is 10.4 Å². The summed E-state index contributed by atoms with van der Waals surface area (Å²) in [5, 5.41) is 7.20. The Balaban J connectivity index is 1.81. The Hall–Kier alpha value is -1.57. The van der Waals surface area contributed by atoms with Crippen LogP contribution in [0.2, 0.25) is 0 Å². The van der Waals surface area contributed by atoms with Gasteiger partial charge >= 0.3 is 6.18 Å². The van der Waals surface area contributed by atoms with E-state index in [1.807, 2.05) is 25.6 Å². The third-order valence-corrected chi connectivity index (χ3v) is 4.61. The maximum Gasteiger partial charge on any atom is 0.401 e. The second-order valence-electron chi connectivity index (χ2n) is 6.50. The molecule has 1 amide bonds. The van der Waals surface area contributed by atoms with Gasteiger partial charge in [-0.2, -0.15) is 18.3 Å². The summed E-state index contributed by atoms with van der Waals surface area (Å²) >= 11 is 0. The normalized spacial score (nSPS) is 19.5. The quantitative estimate of drug-likeness (QED) is 0.887. The van der Waals surface area contributed by atoms with E-state index in [0.717, 1.165) is 17.0 Å². The second kappa shape index (κ2) is 7.55. The SMILES string of the molecule is Cc1nn(C)c(C)c1CCNC(=O)[C@H]1CCCN(CC(F)(F)F)C1. The highest BCUT2D eigenvalue weighted by Crippen LogP contribution is 2.22. The first kappa shape index (κ1) is 18.8. The summed E-state index contributed by atoms with van der Waals surface area (Å²) in [5.74, 6) is -0.515. The Bertz CT molecular complexity index is 583. The average Bonchev–Trinajstić information content (AvgIpc) is 2.72. The summed E-state index contributed by atoms with van der Waals surface area (Å²) in [7, 11) is 1.88. The van der Waals surface area contributed by atoms with Crippen molar-refractivity contribution in [3.8, 4) is 0 Å². The molecule has 1 aromatic heterocycles. The molecule has 1 fully saturated rings. The maximum absolute atomic E-state index is 12.5. The molecule has 0 radical (unpaired) electrons. The summed E-state index contributed by atoms with van der Waals surface area (Å²) in [6.45, 7) is 4.02. The number of piperidine rings is 1.